The molecule has 0 saturated carbocycles. The molecule has 0 radical (unpaired) electrons. The Hall–Kier alpha value is -2.30. The minimum Gasteiger partial charge on any atom is -0.413 e. The summed E-state index contributed by atoms with van der Waals surface area (Å²) in [5.41, 5.74) is -0.721. The van der Waals surface area contributed by atoms with Crippen LogP contribution < -0.4 is 20.9 Å². The van der Waals surface area contributed by atoms with E-state index in [-0.39, 0.29) is 18.9 Å². The van der Waals surface area contributed by atoms with Crippen molar-refractivity contribution in [2.45, 2.75) is 19.3 Å². The normalized spacial score (nSPS) is 20.1. The second-order valence-electron chi connectivity index (χ2n) is 6.30. The van der Waals surface area contributed by atoms with Gasteiger partial charge >= 0.3 is 13.4 Å². The number of benzene rings is 1. The van der Waals surface area contributed by atoms with Crippen LogP contribution >= 0.6 is 23.7 Å². The summed E-state index contributed by atoms with van der Waals surface area (Å²) in [7, 11) is -3.87. The van der Waals surface area contributed by atoms with Crippen molar-refractivity contribution in [2.75, 3.05) is 13.2 Å². The van der Waals surface area contributed by atoms with Gasteiger partial charge in [0.15, 0.2) is 6.23 Å². The van der Waals surface area contributed by atoms with Crippen LogP contribution in [-0.4, -0.2) is 35.1 Å². The maximum absolute atomic E-state index is 13.0. The van der Waals surface area contributed by atoms with Crippen molar-refractivity contribution in [1.29, 1.82) is 0 Å². The van der Waals surface area contributed by atoms with Gasteiger partial charge in [0.05, 0.1) is 13.2 Å². The number of carbonyl (C=O) groups excluding carboxylic acids is 1. The Labute approximate surface area is 179 Å². The number of hydrogen-bond donors (Lipinski definition) is 2. The molecule has 3 rings (SSSR count). The second kappa shape index (κ2) is 9.67. The Morgan fingerprint density at radius 2 is 2.03 bits per heavy atom. The Balaban J connectivity index is 1.65. The first-order valence-electron chi connectivity index (χ1n) is 8.84. The first-order valence-corrected chi connectivity index (χ1v) is 11.2. The minimum atomic E-state index is -3.87. The summed E-state index contributed by atoms with van der Waals surface area (Å²) in [6, 6.07) is 6.60. The quantitative estimate of drug-likeness (QED) is 0.304. The molecule has 1 aliphatic rings. The largest absolute Gasteiger partial charge is 0.459 e. The van der Waals surface area contributed by atoms with E-state index in [9.17, 15) is 18.9 Å². The lowest BCUT2D eigenvalue weighted by molar-refractivity contribution is -0.107. The molecule has 30 heavy (non-hydrogen) atoms. The van der Waals surface area contributed by atoms with Gasteiger partial charge in [-0.15, -0.1) is 0 Å². The summed E-state index contributed by atoms with van der Waals surface area (Å²) in [5, 5.41) is 2.46. The third kappa shape index (κ3) is 5.65. The molecular formula is C18H19BrN3O7P. The van der Waals surface area contributed by atoms with Gasteiger partial charge in [-0.05, 0) is 37.3 Å². The fourth-order valence-corrected chi connectivity index (χ4v) is 4.09. The minimum absolute atomic E-state index is 0.163. The van der Waals surface area contributed by atoms with E-state index >= 15 is 0 Å². The van der Waals surface area contributed by atoms with Crippen molar-refractivity contribution in [1.82, 2.24) is 14.6 Å². The molecule has 1 aliphatic heterocycles. The molecule has 1 aromatic carbocycles. The Morgan fingerprint density at radius 3 is 2.73 bits per heavy atom. The summed E-state index contributed by atoms with van der Waals surface area (Å²) >= 11 is 3.29. The van der Waals surface area contributed by atoms with Crippen LogP contribution in [0, 0.1) is 6.92 Å². The van der Waals surface area contributed by atoms with E-state index in [1.165, 1.54) is 10.8 Å². The van der Waals surface area contributed by atoms with Crippen molar-refractivity contribution in [3.63, 3.8) is 0 Å². The van der Waals surface area contributed by atoms with E-state index in [0.717, 1.165) is 4.47 Å². The molecular weight excluding hydrogens is 481 g/mol. The standard InChI is InChI=1S/C18H19BrN3O7P/c1-12-10-22(18(25)21-17(12)24)16-7-6-15(28-16)11-27-30(26,20-8-9-23)29-14-4-2-13(19)3-5-14/h2-7,9-10,15-16H,8,11H2,1H3,(H,20,26)(H,21,24,25). The molecule has 10 nitrogen and oxygen atoms in total. The summed E-state index contributed by atoms with van der Waals surface area (Å²) in [4.78, 5) is 36.4. The zero-order valence-electron chi connectivity index (χ0n) is 15.8. The van der Waals surface area contributed by atoms with Gasteiger partial charge in [-0.3, -0.25) is 18.9 Å². The second-order valence-corrected chi connectivity index (χ2v) is 8.96. The van der Waals surface area contributed by atoms with Gasteiger partial charge in [0.1, 0.15) is 18.1 Å². The van der Waals surface area contributed by atoms with E-state index < -0.39 is 31.3 Å². The number of aromatic amines is 1. The summed E-state index contributed by atoms with van der Waals surface area (Å²) < 4.78 is 31.6. The summed E-state index contributed by atoms with van der Waals surface area (Å²) in [6.45, 7) is 1.18. The summed E-state index contributed by atoms with van der Waals surface area (Å²) in [6.07, 6.45) is 3.80. The molecule has 2 N–H and O–H groups in total. The summed E-state index contributed by atoms with van der Waals surface area (Å²) in [5.74, 6) is 0.288. The van der Waals surface area contributed by atoms with Crippen LogP contribution in [0.15, 0.2) is 56.7 Å². The molecule has 2 aromatic rings. The van der Waals surface area contributed by atoms with Crippen molar-refractivity contribution in [2.24, 2.45) is 0 Å². The average molecular weight is 500 g/mol. The number of aldehydes is 1. The van der Waals surface area contributed by atoms with Crippen LogP contribution in [0.5, 0.6) is 5.75 Å². The molecule has 2 heterocycles. The molecule has 160 valence electrons. The number of rotatable bonds is 9. The molecule has 1 aromatic heterocycles. The number of hydrogen-bond acceptors (Lipinski definition) is 7. The molecule has 0 spiro atoms. The monoisotopic (exact) mass is 499 g/mol. The highest BCUT2D eigenvalue weighted by molar-refractivity contribution is 9.10. The van der Waals surface area contributed by atoms with E-state index in [1.54, 1.807) is 43.3 Å². The first-order chi connectivity index (χ1) is 14.3. The molecule has 0 bridgehead atoms. The molecule has 3 atom stereocenters. The van der Waals surface area contributed by atoms with Crippen LogP contribution in [0.25, 0.3) is 0 Å². The maximum atomic E-state index is 13.0. The SMILES string of the molecule is Cc1cn(C2C=CC(COP(=O)(NCC=O)Oc3ccc(Br)cc3)O2)c(=O)[nH]c1=O. The van der Waals surface area contributed by atoms with Gasteiger partial charge in [-0.2, -0.15) is 0 Å². The molecule has 0 saturated heterocycles. The van der Waals surface area contributed by atoms with Gasteiger partial charge in [-0.25, -0.2) is 14.4 Å². The highest BCUT2D eigenvalue weighted by Gasteiger charge is 2.30. The van der Waals surface area contributed by atoms with Gasteiger partial charge < -0.3 is 14.1 Å². The fraction of sp³-hybridized carbons (Fsp3) is 0.278. The van der Waals surface area contributed by atoms with Crippen molar-refractivity contribution in [3.8, 4) is 5.75 Å². The van der Waals surface area contributed by atoms with Crippen molar-refractivity contribution < 1.29 is 23.1 Å². The van der Waals surface area contributed by atoms with Gasteiger partial charge in [0, 0.05) is 16.2 Å². The highest BCUT2D eigenvalue weighted by atomic mass is 79.9. The van der Waals surface area contributed by atoms with Gasteiger partial charge in [0.25, 0.3) is 5.56 Å². The van der Waals surface area contributed by atoms with Crippen LogP contribution in [0.3, 0.4) is 0 Å². The van der Waals surface area contributed by atoms with Crippen LogP contribution in [0.4, 0.5) is 0 Å². The van der Waals surface area contributed by atoms with Gasteiger partial charge in [-0.1, -0.05) is 22.0 Å². The number of aryl methyl sites for hydroxylation is 1. The molecule has 12 heteroatoms. The van der Waals surface area contributed by atoms with Crippen LogP contribution in [0.2, 0.25) is 0 Å². The van der Waals surface area contributed by atoms with E-state index in [1.807, 2.05) is 0 Å². The molecule has 3 unspecified atom stereocenters. The lowest BCUT2D eigenvalue weighted by Crippen LogP contribution is -2.33. The third-order valence-corrected chi connectivity index (χ3v) is 6.08. The number of aromatic nitrogens is 2. The van der Waals surface area contributed by atoms with Crippen molar-refractivity contribution >= 4 is 30.0 Å². The Kier molecular flexibility index (Phi) is 7.22. The Bertz CT molecular complexity index is 1100. The van der Waals surface area contributed by atoms with E-state index in [4.69, 9.17) is 13.8 Å². The topological polar surface area (TPSA) is 129 Å². The number of halogens is 1. The third-order valence-electron chi connectivity index (χ3n) is 4.04. The molecule has 0 aliphatic carbocycles. The predicted octanol–water partition coefficient (Wildman–Crippen LogP) is 2.05. The van der Waals surface area contributed by atoms with Crippen LogP contribution in [0.1, 0.15) is 11.8 Å². The lowest BCUT2D eigenvalue weighted by atomic mass is 10.3. The number of nitrogens with one attached hydrogen (secondary N) is 2. The van der Waals surface area contributed by atoms with Crippen molar-refractivity contribution in [3.05, 3.63) is 73.5 Å². The van der Waals surface area contributed by atoms with Crippen LogP contribution in [-0.2, 0) is 18.6 Å². The number of ether oxygens (including phenoxy) is 1. The smallest absolute Gasteiger partial charge is 0.413 e. The Morgan fingerprint density at radius 1 is 1.30 bits per heavy atom. The highest BCUT2D eigenvalue weighted by Crippen LogP contribution is 2.44. The van der Waals surface area contributed by atoms with Gasteiger partial charge in [0.2, 0.25) is 0 Å². The molecule has 0 amide bonds. The lowest BCUT2D eigenvalue weighted by Gasteiger charge is -2.21. The zero-order chi connectivity index (χ0) is 21.7. The number of nitrogens with zero attached hydrogens (tertiary/aromatic N) is 1. The van der Waals surface area contributed by atoms with E-state index in [2.05, 4.69) is 26.0 Å². The molecule has 0 fully saturated rings. The first kappa shape index (κ1) is 22.4. The zero-order valence-corrected chi connectivity index (χ0v) is 18.3. The predicted molar refractivity (Wildman–Crippen MR) is 112 cm³/mol. The fourth-order valence-electron chi connectivity index (χ4n) is 2.58. The maximum Gasteiger partial charge on any atom is 0.459 e. The number of H-pyrrole nitrogens is 1. The van der Waals surface area contributed by atoms with E-state index in [0.29, 0.717) is 11.8 Å². The number of carbonyl (C=O) groups is 1. The average Bonchev–Trinajstić information content (AvgIpc) is 3.18.